The minimum Gasteiger partial charge on any atom is -0.497 e. The molecule has 1 amide bonds. The van der Waals surface area contributed by atoms with Crippen LogP contribution < -0.4 is 4.74 Å². The second kappa shape index (κ2) is 5.40. The van der Waals surface area contributed by atoms with Crippen molar-refractivity contribution in [2.75, 3.05) is 21.3 Å². The minimum absolute atomic E-state index is 0.0172. The number of hydrogen-bond acceptors (Lipinski definition) is 3. The average Bonchev–Trinajstić information content (AvgIpc) is 2.44. The molecule has 1 unspecified atom stereocenters. The fourth-order valence-electron chi connectivity index (χ4n) is 2.48. The van der Waals surface area contributed by atoms with Gasteiger partial charge in [-0.1, -0.05) is 6.07 Å². The molecule has 1 aliphatic carbocycles. The molecule has 18 heavy (non-hydrogen) atoms. The maximum absolute atomic E-state index is 12.2. The molecule has 1 aromatic rings. The Bertz CT molecular complexity index is 445. The van der Waals surface area contributed by atoms with E-state index in [1.807, 2.05) is 18.2 Å². The van der Waals surface area contributed by atoms with E-state index in [-0.39, 0.29) is 11.8 Å². The van der Waals surface area contributed by atoms with Gasteiger partial charge in [-0.25, -0.2) is 5.06 Å². The molecular weight excluding hydrogens is 230 g/mol. The van der Waals surface area contributed by atoms with Crippen molar-refractivity contribution >= 4 is 5.91 Å². The van der Waals surface area contributed by atoms with Crippen molar-refractivity contribution in [2.45, 2.75) is 25.2 Å². The summed E-state index contributed by atoms with van der Waals surface area (Å²) in [5.74, 6) is 0.773. The molecule has 0 fully saturated rings. The summed E-state index contributed by atoms with van der Waals surface area (Å²) in [4.78, 5) is 17.2. The van der Waals surface area contributed by atoms with Crippen LogP contribution in [-0.4, -0.2) is 32.2 Å². The number of benzene rings is 1. The van der Waals surface area contributed by atoms with E-state index >= 15 is 0 Å². The van der Waals surface area contributed by atoms with Gasteiger partial charge in [-0.15, -0.1) is 0 Å². The topological polar surface area (TPSA) is 38.8 Å². The summed E-state index contributed by atoms with van der Waals surface area (Å²) in [6, 6.07) is 5.94. The predicted octanol–water partition coefficient (Wildman–Crippen LogP) is 2.13. The summed E-state index contributed by atoms with van der Waals surface area (Å²) < 4.78 is 5.22. The van der Waals surface area contributed by atoms with Gasteiger partial charge in [-0.2, -0.15) is 0 Å². The number of methoxy groups -OCH3 is 1. The van der Waals surface area contributed by atoms with Crippen molar-refractivity contribution in [2.24, 2.45) is 0 Å². The smallest absolute Gasteiger partial charge is 0.253 e. The number of rotatable bonds is 3. The third-order valence-corrected chi connectivity index (χ3v) is 3.55. The van der Waals surface area contributed by atoms with Gasteiger partial charge in [-0.3, -0.25) is 9.63 Å². The zero-order valence-corrected chi connectivity index (χ0v) is 11.1. The van der Waals surface area contributed by atoms with Crippen LogP contribution in [0.3, 0.4) is 0 Å². The molecule has 1 aromatic carbocycles. The quantitative estimate of drug-likeness (QED) is 0.770. The van der Waals surface area contributed by atoms with Crippen LogP contribution in [0.4, 0.5) is 0 Å². The SMILES string of the molecule is COc1ccc2c(c1)CCCC2C(=O)N(C)OC. The predicted molar refractivity (Wildman–Crippen MR) is 68.5 cm³/mol. The summed E-state index contributed by atoms with van der Waals surface area (Å²) in [6.07, 6.45) is 2.91. The van der Waals surface area contributed by atoms with Gasteiger partial charge in [0.1, 0.15) is 5.75 Å². The van der Waals surface area contributed by atoms with Gasteiger partial charge >= 0.3 is 0 Å². The van der Waals surface area contributed by atoms with E-state index in [0.717, 1.165) is 30.6 Å². The van der Waals surface area contributed by atoms with Gasteiger partial charge < -0.3 is 4.74 Å². The number of hydrogen-bond donors (Lipinski definition) is 0. The van der Waals surface area contributed by atoms with Crippen molar-refractivity contribution in [1.82, 2.24) is 5.06 Å². The minimum atomic E-state index is -0.0930. The first kappa shape index (κ1) is 12.9. The zero-order chi connectivity index (χ0) is 13.1. The molecule has 4 nitrogen and oxygen atoms in total. The Morgan fingerprint density at radius 2 is 2.17 bits per heavy atom. The number of carbonyl (C=O) groups is 1. The zero-order valence-electron chi connectivity index (χ0n) is 11.1. The molecule has 1 aliphatic rings. The number of carbonyl (C=O) groups excluding carboxylic acids is 1. The van der Waals surface area contributed by atoms with Crippen molar-refractivity contribution in [3.8, 4) is 5.75 Å². The monoisotopic (exact) mass is 249 g/mol. The third kappa shape index (κ3) is 2.34. The Morgan fingerprint density at radius 1 is 1.39 bits per heavy atom. The van der Waals surface area contributed by atoms with Crippen molar-refractivity contribution < 1.29 is 14.4 Å². The lowest BCUT2D eigenvalue weighted by atomic mass is 9.82. The van der Waals surface area contributed by atoms with E-state index in [2.05, 4.69) is 0 Å². The number of amides is 1. The van der Waals surface area contributed by atoms with Crippen LogP contribution >= 0.6 is 0 Å². The van der Waals surface area contributed by atoms with E-state index in [4.69, 9.17) is 9.57 Å². The Labute approximate surface area is 107 Å². The molecule has 0 N–H and O–H groups in total. The highest BCUT2D eigenvalue weighted by molar-refractivity contribution is 5.83. The first-order valence-corrected chi connectivity index (χ1v) is 6.16. The van der Waals surface area contributed by atoms with Crippen LogP contribution in [0, 0.1) is 0 Å². The normalized spacial score (nSPS) is 18.1. The Kier molecular flexibility index (Phi) is 3.87. The second-order valence-electron chi connectivity index (χ2n) is 4.53. The largest absolute Gasteiger partial charge is 0.497 e. The van der Waals surface area contributed by atoms with E-state index in [1.165, 1.54) is 17.7 Å². The summed E-state index contributed by atoms with van der Waals surface area (Å²) in [5, 5.41) is 1.31. The molecule has 0 spiro atoms. The molecule has 1 atom stereocenters. The van der Waals surface area contributed by atoms with Crippen LogP contribution in [0.25, 0.3) is 0 Å². The maximum atomic E-state index is 12.2. The molecular formula is C14H19NO3. The highest BCUT2D eigenvalue weighted by atomic mass is 16.7. The van der Waals surface area contributed by atoms with Crippen molar-refractivity contribution in [1.29, 1.82) is 0 Å². The van der Waals surface area contributed by atoms with Gasteiger partial charge in [0.25, 0.3) is 5.91 Å². The van der Waals surface area contributed by atoms with Gasteiger partial charge in [-0.05, 0) is 42.5 Å². The molecule has 0 bridgehead atoms. The molecule has 4 heteroatoms. The van der Waals surface area contributed by atoms with Crippen molar-refractivity contribution in [3.05, 3.63) is 29.3 Å². The maximum Gasteiger partial charge on any atom is 0.253 e. The van der Waals surface area contributed by atoms with Gasteiger partial charge in [0.05, 0.1) is 20.1 Å². The molecule has 0 heterocycles. The number of likely N-dealkylation sites (N-methyl/N-ethyl adjacent to an activating group) is 1. The lowest BCUT2D eigenvalue weighted by molar-refractivity contribution is -0.170. The van der Waals surface area contributed by atoms with Gasteiger partial charge in [0.15, 0.2) is 0 Å². The molecule has 98 valence electrons. The summed E-state index contributed by atoms with van der Waals surface area (Å²) in [5.41, 5.74) is 2.32. The lowest BCUT2D eigenvalue weighted by Gasteiger charge is -2.27. The van der Waals surface area contributed by atoms with Crippen LogP contribution in [0.2, 0.25) is 0 Å². The third-order valence-electron chi connectivity index (χ3n) is 3.55. The highest BCUT2D eigenvalue weighted by Crippen LogP contribution is 2.34. The Morgan fingerprint density at radius 3 is 2.83 bits per heavy atom. The first-order chi connectivity index (χ1) is 8.67. The number of ether oxygens (including phenoxy) is 1. The number of aryl methyl sites for hydroxylation is 1. The van der Waals surface area contributed by atoms with E-state index in [0.29, 0.717) is 0 Å². The summed E-state index contributed by atoms with van der Waals surface area (Å²) in [6.45, 7) is 0. The van der Waals surface area contributed by atoms with E-state index < -0.39 is 0 Å². The first-order valence-electron chi connectivity index (χ1n) is 6.16. The molecule has 2 rings (SSSR count). The standard InChI is InChI=1S/C14H19NO3/c1-15(18-3)14(16)13-6-4-5-10-9-11(17-2)7-8-12(10)13/h7-9,13H,4-6H2,1-3H3. The average molecular weight is 249 g/mol. The van der Waals surface area contributed by atoms with Crippen LogP contribution in [0.5, 0.6) is 5.75 Å². The second-order valence-corrected chi connectivity index (χ2v) is 4.53. The van der Waals surface area contributed by atoms with Crippen LogP contribution in [-0.2, 0) is 16.1 Å². The lowest BCUT2D eigenvalue weighted by Crippen LogP contribution is -2.32. The van der Waals surface area contributed by atoms with Crippen LogP contribution in [0.15, 0.2) is 18.2 Å². The van der Waals surface area contributed by atoms with Crippen LogP contribution in [0.1, 0.15) is 29.9 Å². The number of fused-ring (bicyclic) bond motifs is 1. The molecule has 0 saturated heterocycles. The highest BCUT2D eigenvalue weighted by Gasteiger charge is 2.29. The number of hydroxylamine groups is 2. The van der Waals surface area contributed by atoms with E-state index in [9.17, 15) is 4.79 Å². The summed E-state index contributed by atoms with van der Waals surface area (Å²) >= 11 is 0. The van der Waals surface area contributed by atoms with E-state index in [1.54, 1.807) is 14.2 Å². The molecule has 0 aliphatic heterocycles. The molecule has 0 saturated carbocycles. The van der Waals surface area contributed by atoms with Gasteiger partial charge in [0.2, 0.25) is 0 Å². The fourth-order valence-corrected chi connectivity index (χ4v) is 2.48. The Hall–Kier alpha value is -1.55. The number of nitrogens with zero attached hydrogens (tertiary/aromatic N) is 1. The molecule has 0 radical (unpaired) electrons. The van der Waals surface area contributed by atoms with Crippen molar-refractivity contribution in [3.63, 3.8) is 0 Å². The molecule has 0 aromatic heterocycles. The fraction of sp³-hybridized carbons (Fsp3) is 0.500. The van der Waals surface area contributed by atoms with Gasteiger partial charge in [0, 0.05) is 7.05 Å². The Balaban J connectivity index is 2.30. The summed E-state index contributed by atoms with van der Waals surface area (Å²) in [7, 11) is 4.82.